The molecule has 1 heterocycles. The van der Waals surface area contributed by atoms with E-state index in [1.807, 2.05) is 0 Å². The molecular weight excluding hydrogens is 510 g/mol. The second kappa shape index (κ2) is 11.4. The highest BCUT2D eigenvalue weighted by atomic mass is 35.5. The molecule has 0 bridgehead atoms. The molecule has 1 fully saturated rings. The number of amides is 1. The summed E-state index contributed by atoms with van der Waals surface area (Å²) >= 11 is 6.19. The number of carbonyl (C=O) groups is 3. The molecule has 1 saturated heterocycles. The SMILES string of the molecule is CCOC(=O)c1ccc(CN2C(=O)C(=O)/C(=C(\O)c3ccc(Cl)c(OCC)c3)C2c2ccc(O)cc2)cc1. The number of hydrogen-bond donors (Lipinski definition) is 2. The highest BCUT2D eigenvalue weighted by Gasteiger charge is 2.46. The van der Waals surface area contributed by atoms with Gasteiger partial charge in [0.15, 0.2) is 0 Å². The minimum absolute atomic E-state index is 0.0133. The van der Waals surface area contributed by atoms with Crippen LogP contribution in [0.3, 0.4) is 0 Å². The first-order chi connectivity index (χ1) is 18.2. The first-order valence-corrected chi connectivity index (χ1v) is 12.4. The highest BCUT2D eigenvalue weighted by Crippen LogP contribution is 2.41. The van der Waals surface area contributed by atoms with Crippen LogP contribution in [0.2, 0.25) is 5.02 Å². The zero-order valence-corrected chi connectivity index (χ0v) is 21.6. The minimum atomic E-state index is -0.938. The van der Waals surface area contributed by atoms with Crippen molar-refractivity contribution in [2.45, 2.75) is 26.4 Å². The van der Waals surface area contributed by atoms with E-state index >= 15 is 0 Å². The number of ether oxygens (including phenoxy) is 2. The number of phenolic OH excluding ortho intramolecular Hbond substituents is 1. The van der Waals surface area contributed by atoms with Crippen LogP contribution in [0.5, 0.6) is 11.5 Å². The molecule has 1 aliphatic rings. The van der Waals surface area contributed by atoms with Crippen LogP contribution >= 0.6 is 11.6 Å². The summed E-state index contributed by atoms with van der Waals surface area (Å²) in [5.74, 6) is -2.14. The van der Waals surface area contributed by atoms with Crippen molar-refractivity contribution in [2.75, 3.05) is 13.2 Å². The number of carbonyl (C=O) groups excluding carboxylic acids is 3. The summed E-state index contributed by atoms with van der Waals surface area (Å²) in [6, 6.07) is 16.2. The van der Waals surface area contributed by atoms with Gasteiger partial charge in [0.25, 0.3) is 11.7 Å². The van der Waals surface area contributed by atoms with Gasteiger partial charge in [-0.3, -0.25) is 9.59 Å². The number of esters is 1. The molecule has 38 heavy (non-hydrogen) atoms. The number of aromatic hydroxyl groups is 1. The summed E-state index contributed by atoms with van der Waals surface area (Å²) in [6.07, 6.45) is 0. The van der Waals surface area contributed by atoms with Gasteiger partial charge >= 0.3 is 5.97 Å². The molecule has 0 saturated carbocycles. The van der Waals surface area contributed by atoms with E-state index in [0.29, 0.717) is 34.1 Å². The third-order valence-corrected chi connectivity index (χ3v) is 6.38. The first-order valence-electron chi connectivity index (χ1n) is 12.0. The van der Waals surface area contributed by atoms with Crippen LogP contribution in [-0.2, 0) is 20.9 Å². The maximum absolute atomic E-state index is 13.3. The van der Waals surface area contributed by atoms with Crippen LogP contribution in [0, 0.1) is 0 Å². The monoisotopic (exact) mass is 535 g/mol. The molecular formula is C29H26ClNO7. The molecule has 1 aliphatic heterocycles. The Morgan fingerprint density at radius 1 is 0.947 bits per heavy atom. The third-order valence-electron chi connectivity index (χ3n) is 6.07. The second-order valence-corrected chi connectivity index (χ2v) is 8.92. The van der Waals surface area contributed by atoms with Crippen LogP contribution in [-0.4, -0.2) is 46.0 Å². The lowest BCUT2D eigenvalue weighted by atomic mass is 9.95. The first kappa shape index (κ1) is 26.8. The predicted molar refractivity (Wildman–Crippen MR) is 141 cm³/mol. The van der Waals surface area contributed by atoms with Gasteiger partial charge in [0, 0.05) is 12.1 Å². The molecule has 196 valence electrons. The van der Waals surface area contributed by atoms with E-state index in [1.165, 1.54) is 29.2 Å². The van der Waals surface area contributed by atoms with E-state index in [4.69, 9.17) is 21.1 Å². The van der Waals surface area contributed by atoms with Crippen LogP contribution in [0.15, 0.2) is 72.3 Å². The van der Waals surface area contributed by atoms with E-state index < -0.39 is 23.7 Å². The molecule has 0 spiro atoms. The molecule has 3 aromatic rings. The topological polar surface area (TPSA) is 113 Å². The zero-order valence-electron chi connectivity index (χ0n) is 20.8. The van der Waals surface area contributed by atoms with Gasteiger partial charge in [0.2, 0.25) is 0 Å². The second-order valence-electron chi connectivity index (χ2n) is 8.51. The zero-order chi connectivity index (χ0) is 27.4. The molecule has 0 aromatic heterocycles. The largest absolute Gasteiger partial charge is 0.508 e. The quantitative estimate of drug-likeness (QED) is 0.175. The van der Waals surface area contributed by atoms with Gasteiger partial charge in [0.05, 0.1) is 35.4 Å². The number of benzene rings is 3. The number of halogens is 1. The van der Waals surface area contributed by atoms with Crippen molar-refractivity contribution < 1.29 is 34.1 Å². The minimum Gasteiger partial charge on any atom is -0.508 e. The Bertz CT molecular complexity index is 1400. The molecule has 1 unspecified atom stereocenters. The fraction of sp³-hybridized carbons (Fsp3) is 0.207. The molecule has 0 radical (unpaired) electrons. The number of likely N-dealkylation sites (tertiary alicyclic amines) is 1. The van der Waals surface area contributed by atoms with Crippen molar-refractivity contribution in [3.8, 4) is 11.5 Å². The maximum atomic E-state index is 13.3. The maximum Gasteiger partial charge on any atom is 0.338 e. The summed E-state index contributed by atoms with van der Waals surface area (Å²) in [7, 11) is 0. The summed E-state index contributed by atoms with van der Waals surface area (Å²) in [4.78, 5) is 39.9. The lowest BCUT2D eigenvalue weighted by Crippen LogP contribution is -2.29. The van der Waals surface area contributed by atoms with Gasteiger partial charge in [-0.15, -0.1) is 0 Å². The molecule has 9 heteroatoms. The van der Waals surface area contributed by atoms with E-state index in [1.54, 1.807) is 56.3 Å². The number of ketones is 1. The standard InChI is InChI=1S/C29H26ClNO7/c1-3-37-23-15-20(11-14-22(23)30)26(33)24-25(18-9-12-21(32)13-10-18)31(28(35)27(24)34)16-17-5-7-19(8-6-17)29(36)38-4-2/h5-15,25,32-33H,3-4,16H2,1-2H3/b26-24-. The van der Waals surface area contributed by atoms with E-state index in [2.05, 4.69) is 0 Å². The summed E-state index contributed by atoms with van der Waals surface area (Å²) in [6.45, 7) is 4.13. The fourth-order valence-corrected chi connectivity index (χ4v) is 4.45. The van der Waals surface area contributed by atoms with Crippen LogP contribution in [0.25, 0.3) is 5.76 Å². The Morgan fingerprint density at radius 3 is 2.24 bits per heavy atom. The number of aliphatic hydroxyl groups excluding tert-OH is 1. The number of aliphatic hydroxyl groups is 1. The number of nitrogens with zero attached hydrogens (tertiary/aromatic N) is 1. The Hall–Kier alpha value is -4.30. The van der Waals surface area contributed by atoms with E-state index in [9.17, 15) is 24.6 Å². The predicted octanol–water partition coefficient (Wildman–Crippen LogP) is 5.24. The number of Topliss-reactive ketones (excluding diaryl/α,β-unsaturated/α-hetero) is 1. The van der Waals surface area contributed by atoms with Crippen molar-refractivity contribution in [1.29, 1.82) is 0 Å². The average Bonchev–Trinajstić information content (AvgIpc) is 3.15. The van der Waals surface area contributed by atoms with E-state index in [0.717, 1.165) is 0 Å². The van der Waals surface area contributed by atoms with Gasteiger partial charge in [-0.1, -0.05) is 35.9 Å². The normalized spacial score (nSPS) is 16.5. The van der Waals surface area contributed by atoms with Crippen molar-refractivity contribution in [2.24, 2.45) is 0 Å². The number of rotatable bonds is 8. The smallest absolute Gasteiger partial charge is 0.338 e. The Morgan fingerprint density at radius 2 is 1.61 bits per heavy atom. The molecule has 3 aromatic carbocycles. The lowest BCUT2D eigenvalue weighted by Gasteiger charge is -2.25. The van der Waals surface area contributed by atoms with Crippen molar-refractivity contribution >= 4 is 35.0 Å². The molecule has 0 aliphatic carbocycles. The molecule has 8 nitrogen and oxygen atoms in total. The highest BCUT2D eigenvalue weighted by molar-refractivity contribution is 6.46. The number of hydrogen-bond acceptors (Lipinski definition) is 7. The van der Waals surface area contributed by atoms with Gasteiger partial charge in [-0.25, -0.2) is 4.79 Å². The van der Waals surface area contributed by atoms with Crippen LogP contribution in [0.4, 0.5) is 0 Å². The van der Waals surface area contributed by atoms with Crippen LogP contribution in [0.1, 0.15) is 46.9 Å². The van der Waals surface area contributed by atoms with Gasteiger partial charge < -0.3 is 24.6 Å². The van der Waals surface area contributed by atoms with Crippen molar-refractivity contribution in [3.05, 3.63) is 99.6 Å². The van der Waals surface area contributed by atoms with Gasteiger partial charge in [-0.05, 0) is 67.4 Å². The van der Waals surface area contributed by atoms with Crippen LogP contribution < -0.4 is 4.74 Å². The lowest BCUT2D eigenvalue weighted by molar-refractivity contribution is -0.140. The Balaban J connectivity index is 1.78. The summed E-state index contributed by atoms with van der Waals surface area (Å²) in [5.41, 5.74) is 1.70. The number of phenols is 1. The van der Waals surface area contributed by atoms with E-state index in [-0.39, 0.29) is 35.8 Å². The van der Waals surface area contributed by atoms with Crippen molar-refractivity contribution in [3.63, 3.8) is 0 Å². The van der Waals surface area contributed by atoms with Crippen molar-refractivity contribution in [1.82, 2.24) is 4.90 Å². The average molecular weight is 536 g/mol. The Labute approximate surface area is 224 Å². The Kier molecular flexibility index (Phi) is 8.02. The van der Waals surface area contributed by atoms with Gasteiger partial charge in [-0.2, -0.15) is 0 Å². The molecule has 1 amide bonds. The molecule has 4 rings (SSSR count). The van der Waals surface area contributed by atoms with Gasteiger partial charge in [0.1, 0.15) is 17.3 Å². The fourth-order valence-electron chi connectivity index (χ4n) is 4.28. The summed E-state index contributed by atoms with van der Waals surface area (Å²) < 4.78 is 10.5. The molecule has 1 atom stereocenters. The third kappa shape index (κ3) is 5.35. The molecule has 2 N–H and O–H groups in total. The summed E-state index contributed by atoms with van der Waals surface area (Å²) in [5, 5.41) is 21.4.